The second-order valence-electron chi connectivity index (χ2n) is 4.19. The van der Waals surface area contributed by atoms with Gasteiger partial charge in [0.05, 0.1) is 17.6 Å². The number of anilines is 2. The Hall–Kier alpha value is -2.42. The lowest BCUT2D eigenvalue weighted by Crippen LogP contribution is -2.17. The summed E-state index contributed by atoms with van der Waals surface area (Å²) in [5.74, 6) is 0.938. The van der Waals surface area contributed by atoms with Crippen molar-refractivity contribution in [2.45, 2.75) is 5.03 Å². The topological polar surface area (TPSA) is 108 Å². The van der Waals surface area contributed by atoms with Gasteiger partial charge in [-0.1, -0.05) is 0 Å². The second-order valence-corrected chi connectivity index (χ2v) is 5.82. The SMILES string of the molecule is Cn1nccc1S(=O)(=O)Nc1cc2c(cc1N)OCO2. The zero-order chi connectivity index (χ0) is 14.3. The maximum atomic E-state index is 12.2. The summed E-state index contributed by atoms with van der Waals surface area (Å²) < 4.78 is 38.5. The van der Waals surface area contributed by atoms with E-state index in [9.17, 15) is 8.42 Å². The summed E-state index contributed by atoms with van der Waals surface area (Å²) in [6, 6.07) is 4.40. The maximum absolute atomic E-state index is 12.2. The summed E-state index contributed by atoms with van der Waals surface area (Å²) in [7, 11) is -2.23. The van der Waals surface area contributed by atoms with E-state index in [1.807, 2.05) is 0 Å². The van der Waals surface area contributed by atoms with Crippen molar-refractivity contribution in [3.63, 3.8) is 0 Å². The van der Waals surface area contributed by atoms with Gasteiger partial charge in [0, 0.05) is 19.2 Å². The van der Waals surface area contributed by atoms with E-state index in [2.05, 4.69) is 9.82 Å². The van der Waals surface area contributed by atoms with Crippen LogP contribution in [0.4, 0.5) is 11.4 Å². The number of sulfonamides is 1. The fourth-order valence-corrected chi connectivity index (χ4v) is 3.07. The van der Waals surface area contributed by atoms with Crippen LogP contribution in [-0.2, 0) is 17.1 Å². The van der Waals surface area contributed by atoms with Crippen LogP contribution in [0.3, 0.4) is 0 Å². The van der Waals surface area contributed by atoms with E-state index in [1.54, 1.807) is 0 Å². The number of nitrogens with one attached hydrogen (secondary N) is 1. The van der Waals surface area contributed by atoms with Gasteiger partial charge in [-0.25, -0.2) is 0 Å². The number of hydrogen-bond acceptors (Lipinski definition) is 6. The highest BCUT2D eigenvalue weighted by Gasteiger charge is 2.22. The Morgan fingerprint density at radius 2 is 2.05 bits per heavy atom. The minimum Gasteiger partial charge on any atom is -0.454 e. The van der Waals surface area contributed by atoms with Crippen molar-refractivity contribution in [3.05, 3.63) is 24.4 Å². The van der Waals surface area contributed by atoms with Gasteiger partial charge in [-0.05, 0) is 6.07 Å². The summed E-state index contributed by atoms with van der Waals surface area (Å²) in [4.78, 5) is 0. The highest BCUT2D eigenvalue weighted by molar-refractivity contribution is 7.92. The number of aryl methyl sites for hydroxylation is 1. The maximum Gasteiger partial charge on any atom is 0.279 e. The molecule has 2 heterocycles. The van der Waals surface area contributed by atoms with Gasteiger partial charge in [-0.15, -0.1) is 0 Å². The molecule has 1 aromatic carbocycles. The molecule has 2 aromatic rings. The Kier molecular flexibility index (Phi) is 2.71. The average Bonchev–Trinajstić information content (AvgIpc) is 2.98. The van der Waals surface area contributed by atoms with Crippen LogP contribution in [0, 0.1) is 0 Å². The van der Waals surface area contributed by atoms with Crippen molar-refractivity contribution >= 4 is 21.4 Å². The van der Waals surface area contributed by atoms with E-state index in [-0.39, 0.29) is 23.2 Å². The number of aromatic nitrogens is 2. The quantitative estimate of drug-likeness (QED) is 0.800. The van der Waals surface area contributed by atoms with Crippen molar-refractivity contribution in [2.75, 3.05) is 17.2 Å². The number of nitrogens with two attached hydrogens (primary N) is 1. The summed E-state index contributed by atoms with van der Waals surface area (Å²) in [6.07, 6.45) is 1.40. The standard InChI is InChI=1S/C11H12N4O4S/c1-15-11(2-3-13-15)20(16,17)14-8-5-10-9(4-7(8)12)18-6-19-10/h2-5,14H,6,12H2,1H3. The largest absolute Gasteiger partial charge is 0.454 e. The Labute approximate surface area is 115 Å². The van der Waals surface area contributed by atoms with Crippen LogP contribution >= 0.6 is 0 Å². The van der Waals surface area contributed by atoms with Crippen molar-refractivity contribution in [2.24, 2.45) is 7.05 Å². The van der Waals surface area contributed by atoms with Gasteiger partial charge in [0.25, 0.3) is 10.0 Å². The van der Waals surface area contributed by atoms with E-state index in [0.717, 1.165) is 0 Å². The highest BCUT2D eigenvalue weighted by atomic mass is 32.2. The number of rotatable bonds is 3. The zero-order valence-corrected chi connectivity index (χ0v) is 11.3. The molecule has 0 aliphatic carbocycles. The van der Waals surface area contributed by atoms with Crippen molar-refractivity contribution in [1.82, 2.24) is 9.78 Å². The first-order chi connectivity index (χ1) is 9.47. The number of hydrogen-bond donors (Lipinski definition) is 2. The molecule has 0 amide bonds. The molecule has 9 heteroatoms. The van der Waals surface area contributed by atoms with E-state index >= 15 is 0 Å². The van der Waals surface area contributed by atoms with E-state index in [0.29, 0.717) is 11.5 Å². The fraction of sp³-hybridized carbons (Fsp3) is 0.182. The lowest BCUT2D eigenvalue weighted by Gasteiger charge is -2.11. The molecule has 1 aromatic heterocycles. The predicted octanol–water partition coefficient (Wildman–Crippen LogP) is 0.532. The third-order valence-electron chi connectivity index (χ3n) is 2.84. The molecule has 3 rings (SSSR count). The Bertz CT molecular complexity index is 769. The predicted molar refractivity (Wildman–Crippen MR) is 71.0 cm³/mol. The lowest BCUT2D eigenvalue weighted by molar-refractivity contribution is 0.174. The molecule has 0 fully saturated rings. The summed E-state index contributed by atoms with van der Waals surface area (Å²) in [5, 5.41) is 3.86. The first kappa shape index (κ1) is 12.6. The summed E-state index contributed by atoms with van der Waals surface area (Å²) in [5.41, 5.74) is 6.29. The molecule has 1 aliphatic heterocycles. The van der Waals surface area contributed by atoms with Gasteiger partial charge >= 0.3 is 0 Å². The number of ether oxygens (including phenoxy) is 2. The molecule has 106 valence electrons. The van der Waals surface area contributed by atoms with Crippen LogP contribution in [0.2, 0.25) is 0 Å². The van der Waals surface area contributed by atoms with Crippen molar-refractivity contribution < 1.29 is 17.9 Å². The first-order valence-corrected chi connectivity index (χ1v) is 7.15. The molecule has 0 spiro atoms. The van der Waals surface area contributed by atoms with Crippen LogP contribution in [0.5, 0.6) is 11.5 Å². The Morgan fingerprint density at radius 1 is 1.35 bits per heavy atom. The molecule has 0 atom stereocenters. The molecular formula is C11H12N4O4S. The molecule has 8 nitrogen and oxygen atoms in total. The second kappa shape index (κ2) is 4.30. The third kappa shape index (κ3) is 2.01. The van der Waals surface area contributed by atoms with Gasteiger partial charge < -0.3 is 15.2 Å². The summed E-state index contributed by atoms with van der Waals surface area (Å²) in [6.45, 7) is 0.0900. The Balaban J connectivity index is 1.98. The van der Waals surface area contributed by atoms with E-state index in [4.69, 9.17) is 15.2 Å². The van der Waals surface area contributed by atoms with E-state index < -0.39 is 10.0 Å². The normalized spacial score (nSPS) is 13.4. The van der Waals surface area contributed by atoms with Crippen LogP contribution in [0.15, 0.2) is 29.4 Å². The molecule has 0 saturated carbocycles. The molecule has 0 unspecified atom stereocenters. The number of nitrogens with zero attached hydrogens (tertiary/aromatic N) is 2. The smallest absolute Gasteiger partial charge is 0.279 e. The first-order valence-electron chi connectivity index (χ1n) is 5.67. The number of fused-ring (bicyclic) bond motifs is 1. The number of benzene rings is 1. The zero-order valence-electron chi connectivity index (χ0n) is 10.5. The minimum absolute atomic E-state index is 0.0366. The fourth-order valence-electron chi connectivity index (χ4n) is 1.87. The molecule has 0 radical (unpaired) electrons. The monoisotopic (exact) mass is 296 g/mol. The Morgan fingerprint density at radius 3 is 2.70 bits per heavy atom. The molecule has 3 N–H and O–H groups in total. The minimum atomic E-state index is -3.77. The highest BCUT2D eigenvalue weighted by Crippen LogP contribution is 2.38. The lowest BCUT2D eigenvalue weighted by atomic mass is 10.2. The van der Waals surface area contributed by atoms with E-state index in [1.165, 1.54) is 36.1 Å². The molecule has 1 aliphatic rings. The average molecular weight is 296 g/mol. The van der Waals surface area contributed by atoms with Gasteiger partial charge in [0.1, 0.15) is 0 Å². The van der Waals surface area contributed by atoms with Gasteiger partial charge in [-0.2, -0.15) is 13.5 Å². The van der Waals surface area contributed by atoms with Gasteiger partial charge in [0.2, 0.25) is 6.79 Å². The number of nitrogen functional groups attached to an aromatic ring is 1. The van der Waals surface area contributed by atoms with Crippen molar-refractivity contribution in [1.29, 1.82) is 0 Å². The van der Waals surface area contributed by atoms with Crippen LogP contribution in [-0.4, -0.2) is 25.0 Å². The summed E-state index contributed by atoms with van der Waals surface area (Å²) >= 11 is 0. The molecular weight excluding hydrogens is 284 g/mol. The molecule has 0 saturated heterocycles. The third-order valence-corrected chi connectivity index (χ3v) is 4.28. The van der Waals surface area contributed by atoms with Crippen LogP contribution in [0.25, 0.3) is 0 Å². The van der Waals surface area contributed by atoms with Crippen LogP contribution in [0.1, 0.15) is 0 Å². The van der Waals surface area contributed by atoms with Gasteiger partial charge in [0.15, 0.2) is 16.5 Å². The molecule has 20 heavy (non-hydrogen) atoms. The van der Waals surface area contributed by atoms with Crippen molar-refractivity contribution in [3.8, 4) is 11.5 Å². The van der Waals surface area contributed by atoms with Crippen LogP contribution < -0.4 is 19.9 Å². The van der Waals surface area contributed by atoms with Gasteiger partial charge in [-0.3, -0.25) is 9.40 Å². The molecule has 0 bridgehead atoms.